The summed E-state index contributed by atoms with van der Waals surface area (Å²) in [7, 11) is 1.62. The molecule has 0 aromatic heterocycles. The van der Waals surface area contributed by atoms with Crippen molar-refractivity contribution in [2.45, 2.75) is 12.8 Å². The lowest BCUT2D eigenvalue weighted by Gasteiger charge is -2.05. The van der Waals surface area contributed by atoms with Crippen LogP contribution in [0.3, 0.4) is 0 Å². The summed E-state index contributed by atoms with van der Waals surface area (Å²) < 4.78 is 10.2. The number of hydrogen-bond donors (Lipinski definition) is 1. The third-order valence-electron chi connectivity index (χ3n) is 2.85. The molecule has 0 aliphatic rings. The number of rotatable bonds is 5. The summed E-state index contributed by atoms with van der Waals surface area (Å²) in [5.41, 5.74) is 1.05. The van der Waals surface area contributed by atoms with Gasteiger partial charge in [0.2, 0.25) is 0 Å². The Morgan fingerprint density at radius 1 is 1.00 bits per heavy atom. The van der Waals surface area contributed by atoms with E-state index in [1.54, 1.807) is 19.2 Å². The molecule has 0 spiro atoms. The predicted octanol–water partition coefficient (Wildman–Crippen LogP) is 2.94. The van der Waals surface area contributed by atoms with E-state index < -0.39 is 0 Å². The largest absolute Gasteiger partial charge is 0.508 e. The van der Waals surface area contributed by atoms with E-state index in [1.807, 2.05) is 24.3 Å². The first-order chi connectivity index (χ1) is 9.67. The second-order valence-corrected chi connectivity index (χ2v) is 4.32. The molecule has 2 aromatic carbocycles. The fourth-order valence-corrected chi connectivity index (χ4v) is 1.74. The van der Waals surface area contributed by atoms with E-state index in [0.717, 1.165) is 11.3 Å². The zero-order valence-electron chi connectivity index (χ0n) is 11.2. The first kappa shape index (κ1) is 13.9. The number of aromatic hydroxyl groups is 1. The van der Waals surface area contributed by atoms with Crippen LogP contribution in [0.2, 0.25) is 0 Å². The minimum absolute atomic E-state index is 0.142. The number of methoxy groups -OCH3 is 1. The maximum atomic E-state index is 11.7. The lowest BCUT2D eigenvalue weighted by atomic mass is 10.1. The maximum absolute atomic E-state index is 11.7. The number of hydrogen-bond acceptors (Lipinski definition) is 4. The van der Waals surface area contributed by atoms with E-state index >= 15 is 0 Å². The van der Waals surface area contributed by atoms with E-state index in [0.29, 0.717) is 18.6 Å². The van der Waals surface area contributed by atoms with Crippen LogP contribution in [-0.4, -0.2) is 18.2 Å². The molecule has 104 valence electrons. The third-order valence-corrected chi connectivity index (χ3v) is 2.85. The zero-order valence-corrected chi connectivity index (χ0v) is 11.2. The van der Waals surface area contributed by atoms with E-state index in [2.05, 4.69) is 0 Å². The van der Waals surface area contributed by atoms with Crippen molar-refractivity contribution in [1.29, 1.82) is 0 Å². The van der Waals surface area contributed by atoms with Gasteiger partial charge in [-0.1, -0.05) is 12.1 Å². The summed E-state index contributed by atoms with van der Waals surface area (Å²) in [6, 6.07) is 13.6. The van der Waals surface area contributed by atoms with Crippen molar-refractivity contribution in [3.8, 4) is 17.2 Å². The Hall–Kier alpha value is -2.49. The number of carbonyl (C=O) groups is 1. The SMILES string of the molecule is COc1ccc(CCC(=O)Oc2ccc(O)cc2)cc1. The molecule has 0 atom stereocenters. The van der Waals surface area contributed by atoms with Gasteiger partial charge in [-0.15, -0.1) is 0 Å². The Labute approximate surface area is 117 Å². The second-order valence-electron chi connectivity index (χ2n) is 4.32. The Morgan fingerprint density at radius 3 is 2.20 bits per heavy atom. The smallest absolute Gasteiger partial charge is 0.311 e. The molecule has 0 bridgehead atoms. The minimum Gasteiger partial charge on any atom is -0.508 e. The first-order valence-electron chi connectivity index (χ1n) is 6.30. The lowest BCUT2D eigenvalue weighted by Crippen LogP contribution is -2.08. The first-order valence-corrected chi connectivity index (χ1v) is 6.30. The topological polar surface area (TPSA) is 55.8 Å². The molecule has 0 unspecified atom stereocenters. The summed E-state index contributed by atoms with van der Waals surface area (Å²) >= 11 is 0. The van der Waals surface area contributed by atoms with Gasteiger partial charge in [-0.2, -0.15) is 0 Å². The van der Waals surface area contributed by atoms with Crippen LogP contribution in [0.1, 0.15) is 12.0 Å². The van der Waals surface area contributed by atoms with Crippen molar-refractivity contribution in [3.05, 3.63) is 54.1 Å². The molecule has 20 heavy (non-hydrogen) atoms. The van der Waals surface area contributed by atoms with Crippen LogP contribution >= 0.6 is 0 Å². The molecular weight excluding hydrogens is 256 g/mol. The van der Waals surface area contributed by atoms with Gasteiger partial charge in [-0.25, -0.2) is 0 Å². The number of aryl methyl sites for hydroxylation is 1. The second kappa shape index (κ2) is 6.61. The van der Waals surface area contributed by atoms with Crippen LogP contribution in [0.4, 0.5) is 0 Å². The monoisotopic (exact) mass is 272 g/mol. The normalized spacial score (nSPS) is 10.1. The van der Waals surface area contributed by atoms with Crippen molar-refractivity contribution in [2.75, 3.05) is 7.11 Å². The van der Waals surface area contributed by atoms with E-state index in [-0.39, 0.29) is 11.7 Å². The fourth-order valence-electron chi connectivity index (χ4n) is 1.74. The van der Waals surface area contributed by atoms with Gasteiger partial charge in [-0.3, -0.25) is 4.79 Å². The summed E-state index contributed by atoms with van der Waals surface area (Å²) in [4.78, 5) is 11.7. The molecule has 4 heteroatoms. The van der Waals surface area contributed by atoms with Gasteiger partial charge >= 0.3 is 5.97 Å². The minimum atomic E-state index is -0.300. The van der Waals surface area contributed by atoms with Gasteiger partial charge in [0, 0.05) is 6.42 Å². The zero-order chi connectivity index (χ0) is 14.4. The Morgan fingerprint density at radius 2 is 1.60 bits per heavy atom. The molecule has 0 amide bonds. The quantitative estimate of drug-likeness (QED) is 0.671. The Kier molecular flexibility index (Phi) is 4.60. The molecular formula is C16H16O4. The summed E-state index contributed by atoms with van der Waals surface area (Å²) in [6.45, 7) is 0. The molecule has 0 saturated carbocycles. The highest BCUT2D eigenvalue weighted by Crippen LogP contribution is 2.17. The van der Waals surface area contributed by atoms with Crippen LogP contribution in [-0.2, 0) is 11.2 Å². The molecule has 0 aliphatic heterocycles. The summed E-state index contributed by atoms with van der Waals surface area (Å²) in [5, 5.41) is 9.13. The predicted molar refractivity (Wildman–Crippen MR) is 75.1 cm³/mol. The van der Waals surface area contributed by atoms with E-state index in [9.17, 15) is 4.79 Å². The van der Waals surface area contributed by atoms with Crippen molar-refractivity contribution in [3.63, 3.8) is 0 Å². The average molecular weight is 272 g/mol. The summed E-state index contributed by atoms with van der Waals surface area (Å²) in [5.74, 6) is 1.07. The van der Waals surface area contributed by atoms with E-state index in [4.69, 9.17) is 14.6 Å². The number of carbonyl (C=O) groups excluding carboxylic acids is 1. The number of esters is 1. The Bertz CT molecular complexity index is 558. The Balaban J connectivity index is 1.83. The highest BCUT2D eigenvalue weighted by Gasteiger charge is 2.05. The fraction of sp³-hybridized carbons (Fsp3) is 0.188. The van der Waals surface area contributed by atoms with Gasteiger partial charge in [0.05, 0.1) is 7.11 Å². The van der Waals surface area contributed by atoms with Crippen molar-refractivity contribution in [1.82, 2.24) is 0 Å². The molecule has 0 saturated heterocycles. The molecule has 0 radical (unpaired) electrons. The summed E-state index contributed by atoms with van der Waals surface area (Å²) in [6.07, 6.45) is 0.911. The highest BCUT2D eigenvalue weighted by atomic mass is 16.5. The van der Waals surface area contributed by atoms with Gasteiger partial charge in [0.1, 0.15) is 17.2 Å². The van der Waals surface area contributed by atoms with Crippen molar-refractivity contribution >= 4 is 5.97 Å². The molecule has 2 rings (SSSR count). The van der Waals surface area contributed by atoms with E-state index in [1.165, 1.54) is 12.1 Å². The van der Waals surface area contributed by atoms with Crippen LogP contribution in [0.5, 0.6) is 17.2 Å². The lowest BCUT2D eigenvalue weighted by molar-refractivity contribution is -0.134. The number of phenols is 1. The van der Waals surface area contributed by atoms with Gasteiger partial charge in [-0.05, 0) is 48.4 Å². The van der Waals surface area contributed by atoms with Gasteiger partial charge in [0.15, 0.2) is 0 Å². The van der Waals surface area contributed by atoms with Crippen molar-refractivity contribution < 1.29 is 19.4 Å². The molecule has 2 aromatic rings. The molecule has 4 nitrogen and oxygen atoms in total. The van der Waals surface area contributed by atoms with Crippen LogP contribution in [0.25, 0.3) is 0 Å². The average Bonchev–Trinajstić information content (AvgIpc) is 2.48. The van der Waals surface area contributed by atoms with Gasteiger partial charge < -0.3 is 14.6 Å². The number of benzene rings is 2. The molecule has 0 aliphatic carbocycles. The van der Waals surface area contributed by atoms with Crippen LogP contribution in [0, 0.1) is 0 Å². The van der Waals surface area contributed by atoms with Crippen LogP contribution < -0.4 is 9.47 Å². The standard InChI is InChI=1S/C16H16O4/c1-19-14-7-2-12(3-8-14)4-11-16(18)20-15-9-5-13(17)6-10-15/h2-3,5-10,17H,4,11H2,1H3. The highest BCUT2D eigenvalue weighted by molar-refractivity contribution is 5.72. The third kappa shape index (κ3) is 4.02. The molecule has 1 N–H and O–H groups in total. The maximum Gasteiger partial charge on any atom is 0.311 e. The number of phenolic OH excluding ortho intramolecular Hbond substituents is 1. The van der Waals surface area contributed by atoms with Crippen LogP contribution in [0.15, 0.2) is 48.5 Å². The van der Waals surface area contributed by atoms with Gasteiger partial charge in [0.25, 0.3) is 0 Å². The number of ether oxygens (including phenoxy) is 2. The molecule has 0 heterocycles. The molecule has 0 fully saturated rings. The van der Waals surface area contributed by atoms with Crippen molar-refractivity contribution in [2.24, 2.45) is 0 Å².